The Morgan fingerprint density at radius 2 is 2.26 bits per heavy atom. The fraction of sp³-hybridized carbons (Fsp3) is 0.375. The van der Waals surface area contributed by atoms with E-state index in [1.807, 2.05) is 6.92 Å². The highest BCUT2D eigenvalue weighted by Gasteiger charge is 2.07. The molecular formula is C16H18ClFN4O. The lowest BCUT2D eigenvalue weighted by Gasteiger charge is -2.15. The second-order valence-corrected chi connectivity index (χ2v) is 5.43. The number of halogens is 2. The minimum absolute atomic E-state index is 0.0753. The quantitative estimate of drug-likeness (QED) is 0.628. The Morgan fingerprint density at radius 3 is 3.00 bits per heavy atom. The van der Waals surface area contributed by atoms with Gasteiger partial charge in [-0.15, -0.1) is 0 Å². The van der Waals surface area contributed by atoms with Gasteiger partial charge in [-0.3, -0.25) is 4.68 Å². The maximum absolute atomic E-state index is 12.3. The van der Waals surface area contributed by atoms with Crippen molar-refractivity contribution in [3.05, 3.63) is 40.9 Å². The van der Waals surface area contributed by atoms with Crippen LogP contribution in [-0.2, 0) is 6.54 Å². The molecule has 5 nitrogen and oxygen atoms in total. The predicted molar refractivity (Wildman–Crippen MR) is 88.2 cm³/mol. The molecule has 0 unspecified atom stereocenters. The Hall–Kier alpha value is -2.10. The fourth-order valence-electron chi connectivity index (χ4n) is 1.96. The van der Waals surface area contributed by atoms with E-state index in [0.29, 0.717) is 22.7 Å². The number of hydrogen-bond donors (Lipinski definition) is 2. The number of aromatic nitrogens is 3. The molecule has 0 amide bonds. The van der Waals surface area contributed by atoms with Crippen molar-refractivity contribution in [1.82, 2.24) is 14.8 Å². The standard InChI is InChI=1S/C16H18ClFN4O/c1-12(4-7-23)21-15-8-16(17)19-10-14(15)3-2-13-9-20-22(11-13)6-5-18/h8-12,23H,4-7H2,1H3,(H,19,21)/t12-/m0/s1. The topological polar surface area (TPSA) is 63.0 Å². The van der Waals surface area contributed by atoms with E-state index in [-0.39, 0.29) is 19.2 Å². The predicted octanol–water partition coefficient (Wildman–Crippen LogP) is 2.48. The summed E-state index contributed by atoms with van der Waals surface area (Å²) in [6.07, 6.45) is 5.49. The summed E-state index contributed by atoms with van der Waals surface area (Å²) in [5.74, 6) is 5.99. The van der Waals surface area contributed by atoms with E-state index in [1.165, 1.54) is 4.68 Å². The third-order valence-electron chi connectivity index (χ3n) is 3.12. The highest BCUT2D eigenvalue weighted by Crippen LogP contribution is 2.19. The van der Waals surface area contributed by atoms with Crippen LogP contribution in [0.25, 0.3) is 0 Å². The summed E-state index contributed by atoms with van der Waals surface area (Å²) in [5.41, 5.74) is 2.15. The van der Waals surface area contributed by atoms with Gasteiger partial charge in [0.2, 0.25) is 0 Å². The molecule has 2 aromatic rings. The summed E-state index contributed by atoms with van der Waals surface area (Å²) < 4.78 is 13.8. The number of aliphatic hydroxyl groups excluding tert-OH is 1. The van der Waals surface area contributed by atoms with Gasteiger partial charge < -0.3 is 10.4 Å². The number of pyridine rings is 1. The number of hydrogen-bond acceptors (Lipinski definition) is 4. The molecule has 1 atom stereocenters. The molecule has 0 aliphatic rings. The van der Waals surface area contributed by atoms with E-state index in [4.69, 9.17) is 16.7 Å². The average molecular weight is 337 g/mol. The molecule has 2 heterocycles. The van der Waals surface area contributed by atoms with Crippen LogP contribution in [0.1, 0.15) is 24.5 Å². The first-order valence-electron chi connectivity index (χ1n) is 7.25. The maximum atomic E-state index is 12.3. The van der Waals surface area contributed by atoms with Crippen LogP contribution in [0.2, 0.25) is 5.15 Å². The van der Waals surface area contributed by atoms with E-state index in [2.05, 4.69) is 27.2 Å². The number of nitrogens with zero attached hydrogens (tertiary/aromatic N) is 3. The molecule has 0 bridgehead atoms. The molecule has 2 rings (SSSR count). The highest BCUT2D eigenvalue weighted by molar-refractivity contribution is 6.29. The first kappa shape index (κ1) is 17.3. The second kappa shape index (κ2) is 8.51. The number of aliphatic hydroxyl groups is 1. The van der Waals surface area contributed by atoms with Crippen LogP contribution in [0, 0.1) is 11.8 Å². The van der Waals surface area contributed by atoms with Crippen LogP contribution in [0.4, 0.5) is 10.1 Å². The number of rotatable bonds is 6. The van der Waals surface area contributed by atoms with Gasteiger partial charge in [0.1, 0.15) is 11.8 Å². The third kappa shape index (κ3) is 5.23. The van der Waals surface area contributed by atoms with Gasteiger partial charge in [-0.05, 0) is 19.4 Å². The van der Waals surface area contributed by atoms with Gasteiger partial charge in [0, 0.05) is 25.0 Å². The normalized spacial score (nSPS) is 11.7. The maximum Gasteiger partial charge on any atom is 0.131 e. The van der Waals surface area contributed by atoms with Crippen LogP contribution in [-0.4, -0.2) is 39.2 Å². The molecule has 0 spiro atoms. The summed E-state index contributed by atoms with van der Waals surface area (Å²) in [4.78, 5) is 4.04. The second-order valence-electron chi connectivity index (χ2n) is 5.04. The summed E-state index contributed by atoms with van der Waals surface area (Å²) in [6.45, 7) is 1.81. The molecule has 2 aromatic heterocycles. The van der Waals surface area contributed by atoms with Crippen LogP contribution < -0.4 is 5.32 Å². The zero-order valence-corrected chi connectivity index (χ0v) is 13.5. The SMILES string of the molecule is C[C@@H](CCO)Nc1cc(Cl)ncc1C#Cc1cnn(CCF)c1. The zero-order valence-electron chi connectivity index (χ0n) is 12.8. The lowest BCUT2D eigenvalue weighted by Crippen LogP contribution is -2.17. The van der Waals surface area contributed by atoms with Crippen molar-refractivity contribution in [2.45, 2.75) is 25.9 Å². The van der Waals surface area contributed by atoms with Gasteiger partial charge in [-0.2, -0.15) is 5.10 Å². The molecule has 0 aliphatic carbocycles. The minimum Gasteiger partial charge on any atom is -0.396 e. The molecule has 0 saturated heterocycles. The van der Waals surface area contributed by atoms with Crippen molar-refractivity contribution in [3.63, 3.8) is 0 Å². The Kier molecular flexibility index (Phi) is 6.39. The molecule has 0 saturated carbocycles. The van der Waals surface area contributed by atoms with E-state index in [9.17, 15) is 4.39 Å². The first-order valence-corrected chi connectivity index (χ1v) is 7.63. The summed E-state index contributed by atoms with van der Waals surface area (Å²) in [5, 5.41) is 16.6. The van der Waals surface area contributed by atoms with E-state index in [0.717, 1.165) is 5.69 Å². The summed E-state index contributed by atoms with van der Waals surface area (Å²) >= 11 is 5.94. The lowest BCUT2D eigenvalue weighted by atomic mass is 10.2. The Balaban J connectivity index is 2.20. The van der Waals surface area contributed by atoms with E-state index < -0.39 is 6.67 Å². The van der Waals surface area contributed by atoms with Crippen LogP contribution in [0.5, 0.6) is 0 Å². The van der Waals surface area contributed by atoms with Gasteiger partial charge in [-0.25, -0.2) is 9.37 Å². The van der Waals surface area contributed by atoms with Crippen molar-refractivity contribution >= 4 is 17.3 Å². The Labute approximate surface area is 139 Å². The van der Waals surface area contributed by atoms with Crippen LogP contribution in [0.15, 0.2) is 24.7 Å². The smallest absolute Gasteiger partial charge is 0.131 e. The first-order chi connectivity index (χ1) is 11.1. The molecule has 23 heavy (non-hydrogen) atoms. The molecule has 7 heteroatoms. The van der Waals surface area contributed by atoms with Gasteiger partial charge in [0.15, 0.2) is 0 Å². The largest absolute Gasteiger partial charge is 0.396 e. The van der Waals surface area contributed by atoms with Crippen molar-refractivity contribution in [2.75, 3.05) is 18.6 Å². The number of aryl methyl sites for hydroxylation is 1. The third-order valence-corrected chi connectivity index (χ3v) is 3.33. The molecule has 0 fully saturated rings. The monoisotopic (exact) mass is 336 g/mol. The average Bonchev–Trinajstić information content (AvgIpc) is 2.95. The van der Waals surface area contributed by atoms with Crippen LogP contribution >= 0.6 is 11.6 Å². The highest BCUT2D eigenvalue weighted by atomic mass is 35.5. The molecular weight excluding hydrogens is 319 g/mol. The minimum atomic E-state index is -0.466. The number of anilines is 1. The molecule has 122 valence electrons. The summed E-state index contributed by atoms with van der Waals surface area (Å²) in [6, 6.07) is 1.78. The molecule has 0 radical (unpaired) electrons. The van der Waals surface area contributed by atoms with Gasteiger partial charge in [0.05, 0.1) is 29.6 Å². The molecule has 2 N–H and O–H groups in total. The number of alkyl halides is 1. The van der Waals surface area contributed by atoms with Gasteiger partial charge in [-0.1, -0.05) is 23.4 Å². The van der Waals surface area contributed by atoms with E-state index >= 15 is 0 Å². The summed E-state index contributed by atoms with van der Waals surface area (Å²) in [7, 11) is 0. The van der Waals surface area contributed by atoms with Crippen molar-refractivity contribution in [2.24, 2.45) is 0 Å². The fourth-order valence-corrected chi connectivity index (χ4v) is 2.11. The van der Waals surface area contributed by atoms with Crippen LogP contribution in [0.3, 0.4) is 0 Å². The van der Waals surface area contributed by atoms with Gasteiger partial charge in [0.25, 0.3) is 0 Å². The van der Waals surface area contributed by atoms with Crippen molar-refractivity contribution < 1.29 is 9.50 Å². The molecule has 0 aromatic carbocycles. The number of nitrogens with one attached hydrogen (secondary N) is 1. The van der Waals surface area contributed by atoms with Crippen molar-refractivity contribution in [3.8, 4) is 11.8 Å². The zero-order chi connectivity index (χ0) is 16.7. The van der Waals surface area contributed by atoms with E-state index in [1.54, 1.807) is 24.7 Å². The Morgan fingerprint density at radius 1 is 1.43 bits per heavy atom. The lowest BCUT2D eigenvalue weighted by molar-refractivity contribution is 0.282. The van der Waals surface area contributed by atoms with Gasteiger partial charge >= 0.3 is 0 Å². The Bertz CT molecular complexity index is 708. The molecule has 0 aliphatic heterocycles. The van der Waals surface area contributed by atoms with Crippen molar-refractivity contribution in [1.29, 1.82) is 0 Å².